The molecule has 2 amide bonds. The van der Waals surface area contributed by atoms with E-state index in [-0.39, 0.29) is 11.8 Å². The monoisotopic (exact) mass is 349 g/mol. The van der Waals surface area contributed by atoms with Gasteiger partial charge in [0.1, 0.15) is 10.9 Å². The lowest BCUT2D eigenvalue weighted by atomic mass is 10.2. The van der Waals surface area contributed by atoms with Gasteiger partial charge in [-0.2, -0.15) is 0 Å². The topological polar surface area (TPSA) is 62.3 Å². The first-order valence-corrected chi connectivity index (χ1v) is 8.47. The molecular weight excluding hydrogens is 334 g/mol. The Bertz CT molecular complexity index is 774. The molecule has 1 saturated heterocycles. The summed E-state index contributed by atoms with van der Waals surface area (Å²) in [4.78, 5) is 31.3. The van der Waals surface area contributed by atoms with E-state index >= 15 is 0 Å². The number of carbonyl (C=O) groups excluding carboxylic acids is 2. The Kier molecular flexibility index (Phi) is 4.37. The van der Waals surface area contributed by atoms with Crippen molar-refractivity contribution in [2.45, 2.75) is 26.3 Å². The average Bonchev–Trinajstić information content (AvgIpc) is 3.03. The molecule has 1 atom stereocenters. The highest BCUT2D eigenvalue weighted by molar-refractivity contribution is 7.13. The molecule has 2 aromatic rings. The smallest absolute Gasteiger partial charge is 0.263 e. The van der Waals surface area contributed by atoms with Crippen LogP contribution in [0.4, 0.5) is 5.69 Å². The molecule has 5 nitrogen and oxygen atoms in total. The fourth-order valence-electron chi connectivity index (χ4n) is 2.69. The van der Waals surface area contributed by atoms with E-state index in [1.165, 1.54) is 11.3 Å². The summed E-state index contributed by atoms with van der Waals surface area (Å²) in [6.07, 6.45) is 0.562. The molecule has 1 aromatic heterocycles. The summed E-state index contributed by atoms with van der Waals surface area (Å²) in [6, 6.07) is 6.69. The highest BCUT2D eigenvalue weighted by Crippen LogP contribution is 2.29. The van der Waals surface area contributed by atoms with E-state index in [0.717, 1.165) is 5.01 Å². The molecule has 1 N–H and O–H groups in total. The minimum Gasteiger partial charge on any atom is -0.339 e. The normalized spacial score (nSPS) is 17.6. The summed E-state index contributed by atoms with van der Waals surface area (Å²) in [6.45, 7) is 4.19. The van der Waals surface area contributed by atoms with Crippen LogP contribution in [0.5, 0.6) is 0 Å². The predicted molar refractivity (Wildman–Crippen MR) is 91.3 cm³/mol. The van der Waals surface area contributed by atoms with Crippen molar-refractivity contribution in [3.05, 3.63) is 44.9 Å². The second kappa shape index (κ2) is 6.29. The van der Waals surface area contributed by atoms with Gasteiger partial charge in [0.25, 0.3) is 5.91 Å². The van der Waals surface area contributed by atoms with Gasteiger partial charge in [-0.3, -0.25) is 9.59 Å². The van der Waals surface area contributed by atoms with Crippen LogP contribution in [0, 0.1) is 13.8 Å². The molecule has 0 spiro atoms. The third-order valence-corrected chi connectivity index (χ3v) is 5.16. The Hall–Kier alpha value is -1.92. The van der Waals surface area contributed by atoms with Crippen molar-refractivity contribution < 1.29 is 9.59 Å². The number of thiazole rings is 1. The predicted octanol–water partition coefficient (Wildman–Crippen LogP) is 2.95. The fourth-order valence-corrected chi connectivity index (χ4v) is 3.75. The third-order valence-electron chi connectivity index (χ3n) is 3.76. The Labute approximate surface area is 143 Å². The van der Waals surface area contributed by atoms with E-state index in [2.05, 4.69) is 10.3 Å². The van der Waals surface area contributed by atoms with Crippen molar-refractivity contribution in [3.8, 4) is 0 Å². The van der Waals surface area contributed by atoms with Gasteiger partial charge in [-0.25, -0.2) is 4.98 Å². The lowest BCUT2D eigenvalue weighted by molar-refractivity contribution is -0.118. The number of para-hydroxylation sites is 1. The Morgan fingerprint density at radius 2 is 2.13 bits per heavy atom. The molecule has 0 unspecified atom stereocenters. The first kappa shape index (κ1) is 16.0. The van der Waals surface area contributed by atoms with Crippen molar-refractivity contribution in [1.82, 2.24) is 10.3 Å². The minimum atomic E-state index is -0.527. The van der Waals surface area contributed by atoms with Gasteiger partial charge in [0.05, 0.1) is 21.4 Å². The number of nitrogens with one attached hydrogen (secondary N) is 1. The molecule has 120 valence electrons. The van der Waals surface area contributed by atoms with Gasteiger partial charge in [0.15, 0.2) is 0 Å². The Balaban J connectivity index is 1.74. The molecule has 0 bridgehead atoms. The second-order valence-electron chi connectivity index (χ2n) is 5.40. The molecule has 2 heterocycles. The van der Waals surface area contributed by atoms with Gasteiger partial charge in [0, 0.05) is 6.54 Å². The molecule has 1 aromatic carbocycles. The summed E-state index contributed by atoms with van der Waals surface area (Å²) in [5.74, 6) is -0.377. The van der Waals surface area contributed by atoms with Crippen molar-refractivity contribution in [1.29, 1.82) is 0 Å². The van der Waals surface area contributed by atoms with Crippen molar-refractivity contribution in [3.63, 3.8) is 0 Å². The maximum absolute atomic E-state index is 12.6. The van der Waals surface area contributed by atoms with Gasteiger partial charge in [0.2, 0.25) is 5.91 Å². The van der Waals surface area contributed by atoms with Crippen LogP contribution < -0.4 is 10.2 Å². The molecule has 1 fully saturated rings. The van der Waals surface area contributed by atoms with E-state index in [1.807, 2.05) is 19.1 Å². The number of rotatable bonds is 3. The summed E-state index contributed by atoms with van der Waals surface area (Å²) < 4.78 is 0. The molecule has 3 rings (SSSR count). The van der Waals surface area contributed by atoms with Crippen LogP contribution in [-0.4, -0.2) is 29.4 Å². The SMILES string of the molecule is Cc1nc(C)c(C(=O)N[C@@H]2CCN(c3ccccc3Cl)C2=O)s1. The van der Waals surface area contributed by atoms with E-state index in [4.69, 9.17) is 11.6 Å². The average molecular weight is 350 g/mol. The number of aromatic nitrogens is 1. The molecule has 0 aliphatic carbocycles. The van der Waals surface area contributed by atoms with Gasteiger partial charge < -0.3 is 10.2 Å². The van der Waals surface area contributed by atoms with Crippen molar-refractivity contribution in [2.24, 2.45) is 0 Å². The standard InChI is InChI=1S/C16H16ClN3O2S/c1-9-14(23-10(2)18-9)15(21)19-12-7-8-20(16(12)22)13-6-4-3-5-11(13)17/h3-6,12H,7-8H2,1-2H3,(H,19,21)/t12-/m1/s1. The molecular formula is C16H16ClN3O2S. The largest absolute Gasteiger partial charge is 0.339 e. The number of nitrogens with zero attached hydrogens (tertiary/aromatic N) is 2. The highest BCUT2D eigenvalue weighted by atomic mass is 35.5. The number of amides is 2. The fraction of sp³-hybridized carbons (Fsp3) is 0.312. The van der Waals surface area contributed by atoms with Crippen molar-refractivity contribution >= 4 is 40.4 Å². The van der Waals surface area contributed by atoms with E-state index in [0.29, 0.717) is 34.2 Å². The van der Waals surface area contributed by atoms with E-state index in [1.54, 1.807) is 24.0 Å². The zero-order chi connectivity index (χ0) is 16.6. The van der Waals surface area contributed by atoms with E-state index in [9.17, 15) is 9.59 Å². The lowest BCUT2D eigenvalue weighted by Crippen LogP contribution is -2.41. The van der Waals surface area contributed by atoms with Crippen LogP contribution >= 0.6 is 22.9 Å². The molecule has 23 heavy (non-hydrogen) atoms. The number of hydrogen-bond donors (Lipinski definition) is 1. The van der Waals surface area contributed by atoms with Crippen LogP contribution in [0.2, 0.25) is 5.02 Å². The molecule has 1 aliphatic rings. The molecule has 0 saturated carbocycles. The van der Waals surface area contributed by atoms with Gasteiger partial charge in [-0.15, -0.1) is 11.3 Å². The number of aryl methyl sites for hydroxylation is 2. The second-order valence-corrected chi connectivity index (χ2v) is 7.01. The Morgan fingerprint density at radius 1 is 1.39 bits per heavy atom. The third kappa shape index (κ3) is 3.09. The van der Waals surface area contributed by atoms with Crippen LogP contribution in [0.1, 0.15) is 26.8 Å². The molecule has 1 aliphatic heterocycles. The Morgan fingerprint density at radius 3 is 2.78 bits per heavy atom. The zero-order valence-electron chi connectivity index (χ0n) is 12.8. The quantitative estimate of drug-likeness (QED) is 0.926. The maximum atomic E-state index is 12.6. The summed E-state index contributed by atoms with van der Waals surface area (Å²) >= 11 is 7.49. The van der Waals surface area contributed by atoms with Crippen LogP contribution in [0.15, 0.2) is 24.3 Å². The summed E-state index contributed by atoms with van der Waals surface area (Å²) in [7, 11) is 0. The zero-order valence-corrected chi connectivity index (χ0v) is 14.4. The van der Waals surface area contributed by atoms with Crippen molar-refractivity contribution in [2.75, 3.05) is 11.4 Å². The van der Waals surface area contributed by atoms with Crippen LogP contribution in [-0.2, 0) is 4.79 Å². The number of anilines is 1. The minimum absolute atomic E-state index is 0.134. The summed E-state index contributed by atoms with van der Waals surface area (Å²) in [5.41, 5.74) is 1.37. The molecule has 0 radical (unpaired) electrons. The number of benzene rings is 1. The maximum Gasteiger partial charge on any atom is 0.263 e. The first-order chi connectivity index (χ1) is 11.0. The molecule has 7 heteroatoms. The van der Waals surface area contributed by atoms with Gasteiger partial charge >= 0.3 is 0 Å². The number of halogens is 1. The van der Waals surface area contributed by atoms with Gasteiger partial charge in [-0.05, 0) is 32.4 Å². The van der Waals surface area contributed by atoms with E-state index < -0.39 is 6.04 Å². The number of carbonyl (C=O) groups is 2. The van der Waals surface area contributed by atoms with Crippen LogP contribution in [0.25, 0.3) is 0 Å². The first-order valence-electron chi connectivity index (χ1n) is 7.28. The highest BCUT2D eigenvalue weighted by Gasteiger charge is 2.35. The lowest BCUT2D eigenvalue weighted by Gasteiger charge is -2.18. The van der Waals surface area contributed by atoms with Crippen LogP contribution in [0.3, 0.4) is 0 Å². The number of hydrogen-bond acceptors (Lipinski definition) is 4. The van der Waals surface area contributed by atoms with Gasteiger partial charge in [-0.1, -0.05) is 23.7 Å². The summed E-state index contributed by atoms with van der Waals surface area (Å²) in [5, 5.41) is 4.18.